The number of nitro groups is 1. The number of nitro benzene ring substituents is 1. The van der Waals surface area contributed by atoms with Crippen LogP contribution in [0.4, 0.5) is 25.8 Å². The van der Waals surface area contributed by atoms with Gasteiger partial charge in [-0.3, -0.25) is 10.1 Å². The van der Waals surface area contributed by atoms with Crippen LogP contribution in [-0.2, 0) is 0 Å². The zero-order valence-corrected chi connectivity index (χ0v) is 9.06. The van der Waals surface area contributed by atoms with Gasteiger partial charge in [-0.1, -0.05) is 0 Å². The Hall–Kier alpha value is -2.50. The molecule has 1 N–H and O–H groups in total. The molecule has 2 aromatic rings. The van der Waals surface area contributed by atoms with E-state index >= 15 is 0 Å². The Morgan fingerprint density at radius 1 is 1.06 bits per heavy atom. The predicted molar refractivity (Wildman–Crippen MR) is 62.7 cm³/mol. The molecule has 2 aromatic carbocycles. The van der Waals surface area contributed by atoms with Crippen molar-refractivity contribution in [3.8, 4) is 0 Å². The van der Waals surface area contributed by atoms with Crippen LogP contribution in [0.5, 0.6) is 0 Å². The summed E-state index contributed by atoms with van der Waals surface area (Å²) < 4.78 is 26.2. The van der Waals surface area contributed by atoms with Crippen LogP contribution in [0.2, 0.25) is 0 Å². The van der Waals surface area contributed by atoms with Crippen LogP contribution < -0.4 is 5.32 Å². The van der Waals surface area contributed by atoms with Crippen LogP contribution >= 0.6 is 0 Å². The van der Waals surface area contributed by atoms with Gasteiger partial charge >= 0.3 is 0 Å². The molecular formula is C12H8F2N2O2. The van der Waals surface area contributed by atoms with Crippen molar-refractivity contribution in [1.82, 2.24) is 0 Å². The Kier molecular flexibility index (Phi) is 3.18. The van der Waals surface area contributed by atoms with Crippen LogP contribution in [0, 0.1) is 21.7 Å². The molecule has 0 fully saturated rings. The molecule has 0 heterocycles. The maximum Gasteiger partial charge on any atom is 0.272 e. The van der Waals surface area contributed by atoms with E-state index in [2.05, 4.69) is 5.32 Å². The molecule has 0 saturated carbocycles. The zero-order chi connectivity index (χ0) is 13.1. The summed E-state index contributed by atoms with van der Waals surface area (Å²) in [6.07, 6.45) is 0. The fourth-order valence-corrected chi connectivity index (χ4v) is 1.41. The molecule has 0 bridgehead atoms. The van der Waals surface area contributed by atoms with Crippen LogP contribution in [0.15, 0.2) is 42.5 Å². The van der Waals surface area contributed by atoms with Gasteiger partial charge in [0, 0.05) is 11.8 Å². The third kappa shape index (κ3) is 2.60. The first-order valence-electron chi connectivity index (χ1n) is 5.03. The van der Waals surface area contributed by atoms with E-state index in [-0.39, 0.29) is 11.4 Å². The molecule has 0 unspecified atom stereocenters. The first-order valence-corrected chi connectivity index (χ1v) is 5.03. The van der Waals surface area contributed by atoms with E-state index in [0.717, 1.165) is 6.07 Å². The highest BCUT2D eigenvalue weighted by atomic mass is 19.1. The molecule has 0 saturated heterocycles. The first kappa shape index (κ1) is 12.0. The number of hydrogen-bond donors (Lipinski definition) is 1. The minimum Gasteiger partial charge on any atom is -0.353 e. The Bertz CT molecular complexity index is 585. The molecule has 0 aliphatic rings. The van der Waals surface area contributed by atoms with Crippen LogP contribution in [0.1, 0.15) is 0 Å². The molecule has 0 atom stereocenters. The lowest BCUT2D eigenvalue weighted by molar-refractivity contribution is -0.385. The number of nitrogens with one attached hydrogen (secondary N) is 1. The van der Waals surface area contributed by atoms with E-state index in [1.807, 2.05) is 0 Å². The molecule has 0 aliphatic carbocycles. The van der Waals surface area contributed by atoms with E-state index in [4.69, 9.17) is 0 Å². The fourth-order valence-electron chi connectivity index (χ4n) is 1.41. The molecule has 18 heavy (non-hydrogen) atoms. The SMILES string of the molecule is O=[N+]([O-])c1ccc(Nc2ccc(F)cc2)c(F)c1. The highest BCUT2D eigenvalue weighted by molar-refractivity contribution is 5.61. The topological polar surface area (TPSA) is 55.2 Å². The van der Waals surface area contributed by atoms with Crippen molar-refractivity contribution in [2.75, 3.05) is 5.32 Å². The average molecular weight is 250 g/mol. The predicted octanol–water partition coefficient (Wildman–Crippen LogP) is 3.62. The van der Waals surface area contributed by atoms with E-state index in [1.54, 1.807) is 0 Å². The van der Waals surface area contributed by atoms with E-state index in [1.165, 1.54) is 36.4 Å². The van der Waals surface area contributed by atoms with Crippen molar-refractivity contribution < 1.29 is 13.7 Å². The zero-order valence-electron chi connectivity index (χ0n) is 9.06. The molecule has 0 aromatic heterocycles. The Balaban J connectivity index is 2.24. The lowest BCUT2D eigenvalue weighted by Crippen LogP contribution is -1.96. The largest absolute Gasteiger partial charge is 0.353 e. The van der Waals surface area contributed by atoms with Gasteiger partial charge in [-0.25, -0.2) is 8.78 Å². The molecule has 0 amide bonds. The lowest BCUT2D eigenvalue weighted by atomic mass is 10.2. The highest BCUT2D eigenvalue weighted by Gasteiger charge is 2.10. The van der Waals surface area contributed by atoms with Crippen LogP contribution in [-0.4, -0.2) is 4.92 Å². The number of hydrogen-bond acceptors (Lipinski definition) is 3. The second-order valence-electron chi connectivity index (χ2n) is 3.55. The third-order valence-corrected chi connectivity index (χ3v) is 2.29. The van der Waals surface area contributed by atoms with Crippen molar-refractivity contribution in [1.29, 1.82) is 0 Å². The number of benzene rings is 2. The minimum atomic E-state index is -0.742. The van der Waals surface area contributed by atoms with Gasteiger partial charge in [0.25, 0.3) is 5.69 Å². The molecule has 92 valence electrons. The summed E-state index contributed by atoms with van der Waals surface area (Å²) in [6, 6.07) is 8.61. The van der Waals surface area contributed by atoms with Crippen molar-refractivity contribution >= 4 is 17.1 Å². The van der Waals surface area contributed by atoms with Gasteiger partial charge in [-0.05, 0) is 30.3 Å². The van der Waals surface area contributed by atoms with Crippen molar-refractivity contribution in [2.24, 2.45) is 0 Å². The summed E-state index contributed by atoms with van der Waals surface area (Å²) in [5.74, 6) is -1.14. The number of non-ortho nitro benzene ring substituents is 1. The summed E-state index contributed by atoms with van der Waals surface area (Å²) >= 11 is 0. The molecule has 0 spiro atoms. The minimum absolute atomic E-state index is 0.0900. The molecule has 2 rings (SSSR count). The normalized spacial score (nSPS) is 10.1. The Morgan fingerprint density at radius 3 is 2.28 bits per heavy atom. The molecular weight excluding hydrogens is 242 g/mol. The number of nitrogens with zero attached hydrogens (tertiary/aromatic N) is 1. The number of halogens is 2. The Morgan fingerprint density at radius 2 is 1.72 bits per heavy atom. The Labute approximate surface area is 101 Å². The maximum atomic E-state index is 13.5. The van der Waals surface area contributed by atoms with Gasteiger partial charge in [-0.2, -0.15) is 0 Å². The van der Waals surface area contributed by atoms with E-state index < -0.39 is 16.6 Å². The number of anilines is 2. The fraction of sp³-hybridized carbons (Fsp3) is 0. The van der Waals surface area contributed by atoms with Gasteiger partial charge < -0.3 is 5.32 Å². The lowest BCUT2D eigenvalue weighted by Gasteiger charge is -2.07. The summed E-state index contributed by atoms with van der Waals surface area (Å²) in [7, 11) is 0. The summed E-state index contributed by atoms with van der Waals surface area (Å²) in [5.41, 5.74) is 0.258. The van der Waals surface area contributed by atoms with Crippen molar-refractivity contribution in [2.45, 2.75) is 0 Å². The molecule has 4 nitrogen and oxygen atoms in total. The van der Waals surface area contributed by atoms with Crippen LogP contribution in [0.25, 0.3) is 0 Å². The van der Waals surface area contributed by atoms with Gasteiger partial charge in [0.15, 0.2) is 5.82 Å². The number of rotatable bonds is 3. The van der Waals surface area contributed by atoms with E-state index in [9.17, 15) is 18.9 Å². The molecule has 0 aliphatic heterocycles. The van der Waals surface area contributed by atoms with Gasteiger partial charge in [0.2, 0.25) is 0 Å². The first-order chi connectivity index (χ1) is 8.56. The third-order valence-electron chi connectivity index (χ3n) is 2.29. The second kappa shape index (κ2) is 4.79. The average Bonchev–Trinajstić information content (AvgIpc) is 2.34. The summed E-state index contributed by atoms with van der Waals surface area (Å²) in [6.45, 7) is 0. The van der Waals surface area contributed by atoms with Gasteiger partial charge in [0.1, 0.15) is 5.82 Å². The van der Waals surface area contributed by atoms with Crippen molar-refractivity contribution in [3.63, 3.8) is 0 Å². The monoisotopic (exact) mass is 250 g/mol. The van der Waals surface area contributed by atoms with Gasteiger partial charge in [0.05, 0.1) is 16.7 Å². The smallest absolute Gasteiger partial charge is 0.272 e. The van der Waals surface area contributed by atoms with Crippen molar-refractivity contribution in [3.05, 3.63) is 64.2 Å². The standard InChI is InChI=1S/C12H8F2N2O2/c13-8-1-3-9(4-2-8)15-12-6-5-10(16(17)18)7-11(12)14/h1-7,15H. The summed E-state index contributed by atoms with van der Waals surface area (Å²) in [5, 5.41) is 13.1. The maximum absolute atomic E-state index is 13.5. The van der Waals surface area contributed by atoms with Crippen LogP contribution in [0.3, 0.4) is 0 Å². The highest BCUT2D eigenvalue weighted by Crippen LogP contribution is 2.23. The van der Waals surface area contributed by atoms with Gasteiger partial charge in [-0.15, -0.1) is 0 Å². The molecule has 6 heteroatoms. The summed E-state index contributed by atoms with van der Waals surface area (Å²) in [4.78, 5) is 9.76. The molecule has 0 radical (unpaired) electrons. The second-order valence-corrected chi connectivity index (χ2v) is 3.55. The van der Waals surface area contributed by atoms with E-state index in [0.29, 0.717) is 5.69 Å². The quantitative estimate of drug-likeness (QED) is 0.668.